The number of benzene rings is 1. The van der Waals surface area contributed by atoms with Gasteiger partial charge in [0.15, 0.2) is 11.9 Å². The first-order valence-electron chi connectivity index (χ1n) is 9.42. The highest BCUT2D eigenvalue weighted by Gasteiger charge is 2.28. The summed E-state index contributed by atoms with van der Waals surface area (Å²) in [6.45, 7) is 4.39. The number of aromatic amines is 1. The van der Waals surface area contributed by atoms with Crippen molar-refractivity contribution in [3.63, 3.8) is 0 Å². The van der Waals surface area contributed by atoms with Crippen molar-refractivity contribution in [3.05, 3.63) is 70.0 Å². The summed E-state index contributed by atoms with van der Waals surface area (Å²) in [5, 5.41) is 0. The van der Waals surface area contributed by atoms with E-state index in [1.807, 2.05) is 31.2 Å². The van der Waals surface area contributed by atoms with Crippen molar-refractivity contribution in [1.29, 1.82) is 0 Å². The van der Waals surface area contributed by atoms with E-state index in [9.17, 15) is 9.59 Å². The predicted molar refractivity (Wildman–Crippen MR) is 106 cm³/mol. The average Bonchev–Trinajstić information content (AvgIpc) is 2.75. The topological polar surface area (TPSA) is 101 Å². The Bertz CT molecular complexity index is 1080. The van der Waals surface area contributed by atoms with Crippen LogP contribution in [0.4, 0.5) is 0 Å². The van der Waals surface area contributed by atoms with Crippen LogP contribution in [0.1, 0.15) is 23.7 Å². The first-order valence-corrected chi connectivity index (χ1v) is 9.42. The maximum atomic E-state index is 12.8. The van der Waals surface area contributed by atoms with Gasteiger partial charge in [-0.05, 0) is 26.0 Å². The van der Waals surface area contributed by atoms with E-state index in [2.05, 4.69) is 19.9 Å². The Labute approximate surface area is 167 Å². The van der Waals surface area contributed by atoms with Gasteiger partial charge in [0.05, 0.1) is 24.0 Å². The van der Waals surface area contributed by atoms with Crippen molar-refractivity contribution in [3.8, 4) is 17.3 Å². The lowest BCUT2D eigenvalue weighted by molar-refractivity contribution is -0.138. The van der Waals surface area contributed by atoms with Crippen LogP contribution in [-0.2, 0) is 17.8 Å². The number of aryl methyl sites for hydroxylation is 1. The van der Waals surface area contributed by atoms with Gasteiger partial charge in [-0.2, -0.15) is 0 Å². The number of rotatable bonds is 4. The van der Waals surface area contributed by atoms with E-state index >= 15 is 0 Å². The molecule has 29 heavy (non-hydrogen) atoms. The third kappa shape index (κ3) is 4.01. The molecule has 3 heterocycles. The number of hydrogen-bond acceptors (Lipinski definition) is 6. The highest BCUT2D eigenvalue weighted by atomic mass is 16.5. The van der Waals surface area contributed by atoms with Crippen molar-refractivity contribution in [2.75, 3.05) is 6.54 Å². The number of nitrogens with one attached hydrogen (secondary N) is 1. The molecule has 0 fully saturated rings. The van der Waals surface area contributed by atoms with Gasteiger partial charge < -0.3 is 14.6 Å². The van der Waals surface area contributed by atoms with Crippen LogP contribution in [0.25, 0.3) is 11.5 Å². The molecule has 1 aromatic carbocycles. The number of hydrogen-bond donors (Lipinski definition) is 1. The van der Waals surface area contributed by atoms with Gasteiger partial charge in [-0.25, -0.2) is 9.97 Å². The lowest BCUT2D eigenvalue weighted by Gasteiger charge is -2.30. The molecular weight excluding hydrogens is 370 g/mol. The van der Waals surface area contributed by atoms with Crippen molar-refractivity contribution < 1.29 is 9.53 Å². The normalized spacial score (nSPS) is 14.2. The molecule has 1 amide bonds. The number of carbonyl (C=O) groups excluding carboxylic acids is 1. The maximum absolute atomic E-state index is 12.8. The third-order valence-electron chi connectivity index (χ3n) is 4.87. The molecule has 2 aromatic heterocycles. The van der Waals surface area contributed by atoms with E-state index in [0.29, 0.717) is 41.5 Å². The molecule has 1 N–H and O–H groups in total. The minimum absolute atomic E-state index is 0.159. The second-order valence-electron chi connectivity index (χ2n) is 7.01. The zero-order chi connectivity index (χ0) is 20.4. The number of H-pyrrole nitrogens is 1. The molecule has 3 aromatic rings. The molecule has 0 aliphatic carbocycles. The molecule has 1 atom stereocenters. The second-order valence-corrected chi connectivity index (χ2v) is 7.01. The average molecular weight is 391 g/mol. The van der Waals surface area contributed by atoms with Gasteiger partial charge in [0.25, 0.3) is 11.5 Å². The van der Waals surface area contributed by atoms with Crippen LogP contribution < -0.4 is 10.3 Å². The molecule has 1 aliphatic heterocycles. The van der Waals surface area contributed by atoms with Crippen LogP contribution >= 0.6 is 0 Å². The molecular formula is C21H21N5O3. The van der Waals surface area contributed by atoms with Gasteiger partial charge >= 0.3 is 0 Å². The Kier molecular flexibility index (Phi) is 5.07. The zero-order valence-corrected chi connectivity index (χ0v) is 16.3. The minimum atomic E-state index is -0.648. The lowest BCUT2D eigenvalue weighted by atomic mass is 10.1. The van der Waals surface area contributed by atoms with E-state index < -0.39 is 6.10 Å². The van der Waals surface area contributed by atoms with E-state index in [0.717, 1.165) is 5.56 Å². The van der Waals surface area contributed by atoms with Crippen molar-refractivity contribution in [2.45, 2.75) is 32.9 Å². The van der Waals surface area contributed by atoms with Crippen molar-refractivity contribution in [2.24, 2.45) is 0 Å². The fourth-order valence-electron chi connectivity index (χ4n) is 3.28. The SMILES string of the molecule is Cc1ccc(OC(C)C(=O)N2CCc3nc(-c4cnccn4)[nH]c(=O)c3C2)cc1. The van der Waals surface area contributed by atoms with Crippen LogP contribution in [0.15, 0.2) is 47.7 Å². The first-order chi connectivity index (χ1) is 14.0. The van der Waals surface area contributed by atoms with Gasteiger partial charge in [-0.15, -0.1) is 0 Å². The lowest BCUT2D eigenvalue weighted by Crippen LogP contribution is -2.45. The number of nitrogens with zero attached hydrogens (tertiary/aromatic N) is 4. The van der Waals surface area contributed by atoms with E-state index in [1.54, 1.807) is 30.4 Å². The molecule has 8 nitrogen and oxygen atoms in total. The number of carbonyl (C=O) groups is 1. The largest absolute Gasteiger partial charge is 0.481 e. The number of ether oxygens (including phenoxy) is 1. The molecule has 1 unspecified atom stereocenters. The third-order valence-corrected chi connectivity index (χ3v) is 4.87. The summed E-state index contributed by atoms with van der Waals surface area (Å²) in [6, 6.07) is 7.55. The molecule has 0 bridgehead atoms. The summed E-state index contributed by atoms with van der Waals surface area (Å²) in [6.07, 6.45) is 4.50. The summed E-state index contributed by atoms with van der Waals surface area (Å²) in [4.78, 5) is 42.5. The second kappa shape index (κ2) is 7.83. The van der Waals surface area contributed by atoms with Crippen molar-refractivity contribution in [1.82, 2.24) is 24.8 Å². The van der Waals surface area contributed by atoms with Crippen molar-refractivity contribution >= 4 is 5.91 Å². The predicted octanol–water partition coefficient (Wildman–Crippen LogP) is 1.89. The first kappa shape index (κ1) is 18.8. The smallest absolute Gasteiger partial charge is 0.263 e. The van der Waals surface area contributed by atoms with Crippen LogP contribution in [0.2, 0.25) is 0 Å². The Balaban J connectivity index is 1.50. The number of fused-ring (bicyclic) bond motifs is 1. The number of amides is 1. The summed E-state index contributed by atoms with van der Waals surface area (Å²) in [5.74, 6) is 0.869. The molecule has 1 aliphatic rings. The minimum Gasteiger partial charge on any atom is -0.481 e. The summed E-state index contributed by atoms with van der Waals surface area (Å²) < 4.78 is 5.77. The monoisotopic (exact) mass is 391 g/mol. The summed E-state index contributed by atoms with van der Waals surface area (Å²) in [5.41, 5.74) is 2.55. The molecule has 148 valence electrons. The number of aromatic nitrogens is 4. The zero-order valence-electron chi connectivity index (χ0n) is 16.3. The highest BCUT2D eigenvalue weighted by Crippen LogP contribution is 2.19. The Morgan fingerprint density at radius 3 is 2.76 bits per heavy atom. The standard InChI is InChI=1S/C21H21N5O3/c1-13-3-5-15(6-4-13)29-14(2)21(28)26-10-7-17-16(12-26)20(27)25-19(24-17)18-11-22-8-9-23-18/h3-6,8-9,11,14H,7,10,12H2,1-2H3,(H,24,25,27). The molecule has 8 heteroatoms. The Morgan fingerprint density at radius 2 is 2.03 bits per heavy atom. The molecule has 4 rings (SSSR count). The van der Waals surface area contributed by atoms with Gasteiger partial charge in [-0.3, -0.25) is 14.6 Å². The van der Waals surface area contributed by atoms with Crippen LogP contribution in [-0.4, -0.2) is 43.4 Å². The molecule has 0 spiro atoms. The van der Waals surface area contributed by atoms with Crippen LogP contribution in [0.5, 0.6) is 5.75 Å². The highest BCUT2D eigenvalue weighted by molar-refractivity contribution is 5.81. The Morgan fingerprint density at radius 1 is 1.24 bits per heavy atom. The molecule has 0 saturated heterocycles. The van der Waals surface area contributed by atoms with Gasteiger partial charge in [0.2, 0.25) is 0 Å². The van der Waals surface area contributed by atoms with Crippen LogP contribution in [0.3, 0.4) is 0 Å². The summed E-state index contributed by atoms with van der Waals surface area (Å²) in [7, 11) is 0. The quantitative estimate of drug-likeness (QED) is 0.729. The van der Waals surface area contributed by atoms with E-state index in [-0.39, 0.29) is 18.0 Å². The van der Waals surface area contributed by atoms with Gasteiger partial charge in [-0.1, -0.05) is 17.7 Å². The molecule has 0 radical (unpaired) electrons. The van der Waals surface area contributed by atoms with Crippen LogP contribution in [0, 0.1) is 6.92 Å². The summed E-state index contributed by atoms with van der Waals surface area (Å²) >= 11 is 0. The van der Waals surface area contributed by atoms with Gasteiger partial charge in [0.1, 0.15) is 11.4 Å². The fourth-order valence-corrected chi connectivity index (χ4v) is 3.28. The maximum Gasteiger partial charge on any atom is 0.263 e. The fraction of sp³-hybridized carbons (Fsp3) is 0.286. The Hall–Kier alpha value is -3.55. The van der Waals surface area contributed by atoms with E-state index in [1.165, 1.54) is 0 Å². The molecule has 0 saturated carbocycles. The van der Waals surface area contributed by atoms with E-state index in [4.69, 9.17) is 4.74 Å². The van der Waals surface area contributed by atoms with Gasteiger partial charge in [0, 0.05) is 25.4 Å².